The van der Waals surface area contributed by atoms with Crippen molar-refractivity contribution >= 4 is 46.5 Å². The van der Waals surface area contributed by atoms with Gasteiger partial charge in [0.15, 0.2) is 11.2 Å². The molecule has 0 aliphatic rings. The fourth-order valence-corrected chi connectivity index (χ4v) is 2.84. The number of anilines is 1. The fraction of sp³-hybridized carbons (Fsp3) is 0.222. The molecule has 8 nitrogen and oxygen atoms in total. The highest BCUT2D eigenvalue weighted by Gasteiger charge is 2.18. The van der Waals surface area contributed by atoms with Crippen molar-refractivity contribution in [2.24, 2.45) is 19.2 Å². The number of nitrogens with one attached hydrogen (secondary N) is 1. The summed E-state index contributed by atoms with van der Waals surface area (Å²) in [5.74, 6) is 0.313. The van der Waals surface area contributed by atoms with Gasteiger partial charge in [0.05, 0.1) is 6.21 Å². The first-order valence-corrected chi connectivity index (χ1v) is 9.08. The number of fused-ring (bicyclic) bond motifs is 1. The van der Waals surface area contributed by atoms with Crippen LogP contribution in [0.4, 0.5) is 5.95 Å². The van der Waals surface area contributed by atoms with Gasteiger partial charge in [0.2, 0.25) is 5.95 Å². The van der Waals surface area contributed by atoms with Crippen LogP contribution < -0.4 is 16.7 Å². The topological polar surface area (TPSA) is 86.2 Å². The number of hydrazone groups is 1. The van der Waals surface area contributed by atoms with Crippen LogP contribution in [0.5, 0.6) is 0 Å². The van der Waals surface area contributed by atoms with E-state index in [-0.39, 0.29) is 17.7 Å². The van der Waals surface area contributed by atoms with Gasteiger partial charge in [0, 0.05) is 30.7 Å². The molecule has 2 aromatic heterocycles. The van der Waals surface area contributed by atoms with Crippen LogP contribution in [-0.4, -0.2) is 24.9 Å². The van der Waals surface area contributed by atoms with E-state index >= 15 is 0 Å². The van der Waals surface area contributed by atoms with Crippen molar-refractivity contribution < 1.29 is 0 Å². The normalized spacial score (nSPS) is 12.2. The van der Waals surface area contributed by atoms with Gasteiger partial charge < -0.3 is 0 Å². The predicted molar refractivity (Wildman–Crippen MR) is 112 cm³/mol. The zero-order valence-electron chi connectivity index (χ0n) is 15.5. The van der Waals surface area contributed by atoms with Crippen LogP contribution in [0.3, 0.4) is 0 Å². The maximum Gasteiger partial charge on any atom is 0.332 e. The highest BCUT2D eigenvalue weighted by Crippen LogP contribution is 2.16. The molecule has 0 fully saturated rings. The molecule has 0 saturated carbocycles. The van der Waals surface area contributed by atoms with Crippen LogP contribution in [0, 0.1) is 0 Å². The van der Waals surface area contributed by atoms with Crippen molar-refractivity contribution in [3.05, 3.63) is 66.8 Å². The first kappa shape index (κ1) is 19.9. The molecule has 1 aromatic carbocycles. The molecule has 0 bridgehead atoms. The van der Waals surface area contributed by atoms with E-state index in [9.17, 15) is 9.59 Å². The van der Waals surface area contributed by atoms with Crippen LogP contribution in [0.2, 0.25) is 5.02 Å². The van der Waals surface area contributed by atoms with Gasteiger partial charge in [0.25, 0.3) is 5.56 Å². The summed E-state index contributed by atoms with van der Waals surface area (Å²) < 4.78 is 3.99. The van der Waals surface area contributed by atoms with Crippen molar-refractivity contribution in [3.63, 3.8) is 0 Å². The van der Waals surface area contributed by atoms with E-state index in [0.717, 1.165) is 10.1 Å². The van der Waals surface area contributed by atoms with Gasteiger partial charge in [0.1, 0.15) is 0 Å². The zero-order valence-corrected chi connectivity index (χ0v) is 17.0. The Balaban J connectivity index is 2.08. The molecule has 0 radical (unpaired) electrons. The quantitative estimate of drug-likeness (QED) is 0.507. The number of rotatable bonds is 5. The molecule has 0 spiro atoms. The predicted octanol–water partition coefficient (Wildman–Crippen LogP) is 2.68. The molecular weight excluding hydrogens is 403 g/mol. The van der Waals surface area contributed by atoms with E-state index in [1.807, 2.05) is 12.1 Å². The molecule has 0 aliphatic carbocycles. The van der Waals surface area contributed by atoms with Gasteiger partial charge in [-0.1, -0.05) is 41.4 Å². The Morgan fingerprint density at radius 3 is 2.54 bits per heavy atom. The lowest BCUT2D eigenvalue weighted by Gasteiger charge is -2.07. The van der Waals surface area contributed by atoms with Gasteiger partial charge in [-0.05, 0) is 24.6 Å². The number of hydrogen-bond donors (Lipinski definition) is 1. The first-order valence-electron chi connectivity index (χ1n) is 8.32. The summed E-state index contributed by atoms with van der Waals surface area (Å²) in [5.41, 5.74) is 3.31. The number of aryl methyl sites for hydroxylation is 1. The molecular formula is C18H18Cl2N6O2. The summed E-state index contributed by atoms with van der Waals surface area (Å²) in [6, 6.07) is 7.14. The Bertz CT molecular complexity index is 1200. The van der Waals surface area contributed by atoms with E-state index < -0.39 is 11.2 Å². The Hall–Kier alpha value is -2.84. The third-order valence-electron chi connectivity index (χ3n) is 4.15. The van der Waals surface area contributed by atoms with Crippen molar-refractivity contribution in [2.45, 2.75) is 13.5 Å². The van der Waals surface area contributed by atoms with Gasteiger partial charge >= 0.3 is 5.69 Å². The minimum Gasteiger partial charge on any atom is -0.299 e. The largest absolute Gasteiger partial charge is 0.332 e. The van der Waals surface area contributed by atoms with E-state index in [2.05, 4.69) is 15.5 Å². The molecule has 0 atom stereocenters. The van der Waals surface area contributed by atoms with Gasteiger partial charge in [-0.2, -0.15) is 10.1 Å². The summed E-state index contributed by atoms with van der Waals surface area (Å²) in [7, 11) is 2.99. The Morgan fingerprint density at radius 2 is 1.89 bits per heavy atom. The molecule has 2 heterocycles. The van der Waals surface area contributed by atoms with Crippen LogP contribution in [0.25, 0.3) is 11.2 Å². The summed E-state index contributed by atoms with van der Waals surface area (Å²) >= 11 is 11.8. The summed E-state index contributed by atoms with van der Waals surface area (Å²) in [6.07, 6.45) is 3.33. The molecule has 1 N–H and O–H groups in total. The van der Waals surface area contributed by atoms with E-state index in [1.165, 1.54) is 11.6 Å². The Labute approximate surface area is 170 Å². The van der Waals surface area contributed by atoms with E-state index in [4.69, 9.17) is 23.2 Å². The maximum absolute atomic E-state index is 12.7. The fourth-order valence-electron chi connectivity index (χ4n) is 2.64. The van der Waals surface area contributed by atoms with Crippen molar-refractivity contribution in [2.75, 3.05) is 5.43 Å². The smallest absolute Gasteiger partial charge is 0.299 e. The molecule has 0 unspecified atom stereocenters. The second kappa shape index (κ2) is 8.04. The second-order valence-electron chi connectivity index (χ2n) is 6.14. The molecule has 3 rings (SSSR count). The maximum atomic E-state index is 12.7. The summed E-state index contributed by atoms with van der Waals surface area (Å²) in [5, 5.41) is 5.38. The van der Waals surface area contributed by atoms with Crippen molar-refractivity contribution in [1.82, 2.24) is 18.7 Å². The molecule has 146 valence electrons. The lowest BCUT2D eigenvalue weighted by Crippen LogP contribution is -2.37. The van der Waals surface area contributed by atoms with Crippen LogP contribution >= 0.6 is 23.2 Å². The number of allylic oxidation sites excluding steroid dienone is 2. The Morgan fingerprint density at radius 1 is 1.21 bits per heavy atom. The zero-order chi connectivity index (χ0) is 20.4. The molecule has 3 aromatic rings. The third kappa shape index (κ3) is 3.88. The molecule has 0 aliphatic heterocycles. The minimum atomic E-state index is -0.456. The second-order valence-corrected chi connectivity index (χ2v) is 7.17. The lowest BCUT2D eigenvalue weighted by atomic mass is 10.2. The molecule has 28 heavy (non-hydrogen) atoms. The number of aromatic nitrogens is 4. The average molecular weight is 421 g/mol. The number of imidazole rings is 1. The van der Waals surface area contributed by atoms with Crippen molar-refractivity contribution in [3.8, 4) is 0 Å². The number of benzene rings is 1. The highest BCUT2D eigenvalue weighted by molar-refractivity contribution is 6.30. The van der Waals surface area contributed by atoms with Gasteiger partial charge in [-0.25, -0.2) is 10.2 Å². The van der Waals surface area contributed by atoms with Crippen LogP contribution in [0.1, 0.15) is 12.5 Å². The first-order chi connectivity index (χ1) is 13.3. The lowest BCUT2D eigenvalue weighted by molar-refractivity contribution is 0.703. The Kier molecular flexibility index (Phi) is 5.71. The number of hydrogen-bond acceptors (Lipinski definition) is 5. The summed E-state index contributed by atoms with van der Waals surface area (Å²) in [4.78, 5) is 29.3. The van der Waals surface area contributed by atoms with Crippen LogP contribution in [-0.2, 0) is 20.6 Å². The molecule has 0 saturated heterocycles. The van der Waals surface area contributed by atoms with Crippen molar-refractivity contribution in [1.29, 1.82) is 0 Å². The minimum absolute atomic E-state index is 0.262. The number of halogens is 2. The van der Waals surface area contributed by atoms with Crippen LogP contribution in [0.15, 0.2) is 50.1 Å². The van der Waals surface area contributed by atoms with E-state index in [1.54, 1.807) is 43.0 Å². The van der Waals surface area contributed by atoms with Gasteiger partial charge in [-0.15, -0.1) is 0 Å². The average Bonchev–Trinajstić information content (AvgIpc) is 3.03. The van der Waals surface area contributed by atoms with E-state index in [0.29, 0.717) is 16.0 Å². The highest BCUT2D eigenvalue weighted by atomic mass is 35.5. The molecule has 0 amide bonds. The summed E-state index contributed by atoms with van der Waals surface area (Å²) in [6.45, 7) is 2.03. The molecule has 10 heteroatoms. The third-order valence-corrected chi connectivity index (χ3v) is 4.56. The monoisotopic (exact) mass is 420 g/mol. The van der Waals surface area contributed by atoms with Gasteiger partial charge in [-0.3, -0.25) is 18.5 Å². The SMILES string of the molecule is C/C(Cl)=C\Cn1c(N/N=C/c2ccc(Cl)cc2)nc2c1c(=O)n(C)c(=O)n2C. The standard InChI is InChI=1S/C18H18Cl2N6O2/c1-11(19)8-9-26-14-15(24(2)18(28)25(3)16(14)27)22-17(26)23-21-10-12-4-6-13(20)7-5-12/h4-8,10H,9H2,1-3H3,(H,22,23)/b11-8+,21-10+. The number of nitrogens with zero attached hydrogens (tertiary/aromatic N) is 5.